The molecule has 0 spiro atoms. The fourth-order valence-corrected chi connectivity index (χ4v) is 3.93. The maximum atomic E-state index is 13.1. The predicted molar refractivity (Wildman–Crippen MR) is 101 cm³/mol. The molecular weight excluding hydrogens is 402 g/mol. The van der Waals surface area contributed by atoms with Gasteiger partial charge in [-0.2, -0.15) is 0 Å². The molecule has 0 amide bonds. The van der Waals surface area contributed by atoms with Crippen molar-refractivity contribution in [2.24, 2.45) is 0 Å². The molecule has 1 aliphatic rings. The quantitative estimate of drug-likeness (QED) is 0.523. The zero-order valence-corrected chi connectivity index (χ0v) is 15.5. The number of halogens is 2. The SMILES string of the molecule is CCc1ccccc1C1CN(Cc2ccc(F)cc2)CCN1I. The molecule has 4 heteroatoms. The summed E-state index contributed by atoms with van der Waals surface area (Å²) in [6.45, 7) is 6.21. The Morgan fingerprint density at radius 1 is 1.09 bits per heavy atom. The van der Waals surface area contributed by atoms with Gasteiger partial charge in [0.25, 0.3) is 0 Å². The van der Waals surface area contributed by atoms with Crippen molar-refractivity contribution in [1.82, 2.24) is 8.01 Å². The van der Waals surface area contributed by atoms with Crippen LogP contribution in [0.25, 0.3) is 0 Å². The first-order valence-electron chi connectivity index (χ1n) is 8.14. The number of aryl methyl sites for hydroxylation is 1. The molecule has 0 saturated carbocycles. The Labute approximate surface area is 151 Å². The monoisotopic (exact) mass is 424 g/mol. The second-order valence-electron chi connectivity index (χ2n) is 6.05. The molecular formula is C19H22FIN2. The lowest BCUT2D eigenvalue weighted by molar-refractivity contribution is 0.148. The molecule has 3 rings (SSSR count). The lowest BCUT2D eigenvalue weighted by Gasteiger charge is -2.39. The first kappa shape index (κ1) is 16.9. The number of nitrogens with zero attached hydrogens (tertiary/aromatic N) is 2. The van der Waals surface area contributed by atoms with Gasteiger partial charge in [0.05, 0.1) is 6.04 Å². The molecule has 1 saturated heterocycles. The third-order valence-electron chi connectivity index (χ3n) is 4.51. The molecule has 2 aromatic rings. The van der Waals surface area contributed by atoms with Crippen LogP contribution in [0.15, 0.2) is 48.5 Å². The summed E-state index contributed by atoms with van der Waals surface area (Å²) in [6, 6.07) is 16.1. The van der Waals surface area contributed by atoms with E-state index in [2.05, 4.69) is 62.1 Å². The largest absolute Gasteiger partial charge is 0.296 e. The van der Waals surface area contributed by atoms with Gasteiger partial charge < -0.3 is 0 Å². The van der Waals surface area contributed by atoms with Gasteiger partial charge in [0, 0.05) is 49.0 Å². The third kappa shape index (κ3) is 4.11. The fraction of sp³-hybridized carbons (Fsp3) is 0.368. The van der Waals surface area contributed by atoms with E-state index in [1.54, 1.807) is 12.1 Å². The lowest BCUT2D eigenvalue weighted by Crippen LogP contribution is -2.44. The molecule has 0 aromatic heterocycles. The Morgan fingerprint density at radius 3 is 2.57 bits per heavy atom. The highest BCUT2D eigenvalue weighted by Gasteiger charge is 2.27. The molecule has 1 heterocycles. The Balaban J connectivity index is 1.75. The van der Waals surface area contributed by atoms with Gasteiger partial charge in [0.15, 0.2) is 0 Å². The number of hydrogen-bond donors (Lipinski definition) is 0. The highest BCUT2D eigenvalue weighted by Crippen LogP contribution is 2.31. The maximum absolute atomic E-state index is 13.1. The summed E-state index contributed by atoms with van der Waals surface area (Å²) in [5.41, 5.74) is 4.05. The van der Waals surface area contributed by atoms with E-state index in [1.165, 1.54) is 16.7 Å². The molecule has 0 aliphatic carbocycles. The van der Waals surface area contributed by atoms with Gasteiger partial charge in [0.1, 0.15) is 5.82 Å². The highest BCUT2D eigenvalue weighted by atomic mass is 127. The van der Waals surface area contributed by atoms with E-state index < -0.39 is 0 Å². The summed E-state index contributed by atoms with van der Waals surface area (Å²) in [5.74, 6) is -0.166. The van der Waals surface area contributed by atoms with E-state index in [1.807, 2.05) is 12.1 Å². The van der Waals surface area contributed by atoms with Crippen LogP contribution in [0.2, 0.25) is 0 Å². The van der Waals surface area contributed by atoms with Crippen LogP contribution in [0.4, 0.5) is 4.39 Å². The molecule has 2 nitrogen and oxygen atoms in total. The van der Waals surface area contributed by atoms with Crippen molar-refractivity contribution >= 4 is 22.9 Å². The van der Waals surface area contributed by atoms with Crippen molar-refractivity contribution in [2.75, 3.05) is 19.6 Å². The van der Waals surface area contributed by atoms with Crippen LogP contribution in [0, 0.1) is 5.82 Å². The second-order valence-corrected chi connectivity index (χ2v) is 7.29. The minimum Gasteiger partial charge on any atom is -0.296 e. The average Bonchev–Trinajstić information content (AvgIpc) is 2.58. The number of rotatable bonds is 4. The third-order valence-corrected chi connectivity index (χ3v) is 5.67. The summed E-state index contributed by atoms with van der Waals surface area (Å²) in [5, 5.41) is 0. The van der Waals surface area contributed by atoms with E-state index in [4.69, 9.17) is 0 Å². The zero-order chi connectivity index (χ0) is 16.2. The maximum Gasteiger partial charge on any atom is 0.123 e. The van der Waals surface area contributed by atoms with Crippen LogP contribution in [0.5, 0.6) is 0 Å². The molecule has 0 N–H and O–H groups in total. The first-order chi connectivity index (χ1) is 11.2. The summed E-state index contributed by atoms with van der Waals surface area (Å²) in [4.78, 5) is 2.47. The molecule has 1 atom stereocenters. The highest BCUT2D eigenvalue weighted by molar-refractivity contribution is 14.1. The lowest BCUT2D eigenvalue weighted by atomic mass is 9.97. The van der Waals surface area contributed by atoms with Crippen molar-refractivity contribution in [1.29, 1.82) is 0 Å². The second kappa shape index (κ2) is 7.73. The average molecular weight is 424 g/mol. The van der Waals surface area contributed by atoms with Crippen molar-refractivity contribution in [2.45, 2.75) is 25.9 Å². The molecule has 0 radical (unpaired) electrons. The number of piperazine rings is 1. The molecule has 23 heavy (non-hydrogen) atoms. The van der Waals surface area contributed by atoms with Gasteiger partial charge in [-0.05, 0) is 35.2 Å². The normalized spacial score (nSPS) is 19.9. The van der Waals surface area contributed by atoms with Gasteiger partial charge in [-0.3, -0.25) is 4.90 Å². The summed E-state index contributed by atoms with van der Waals surface area (Å²) >= 11 is 2.46. The Morgan fingerprint density at radius 2 is 1.83 bits per heavy atom. The number of benzene rings is 2. The van der Waals surface area contributed by atoms with Crippen molar-refractivity contribution < 1.29 is 4.39 Å². The van der Waals surface area contributed by atoms with Gasteiger partial charge in [-0.15, -0.1) is 0 Å². The Bertz CT molecular complexity index is 644. The topological polar surface area (TPSA) is 6.48 Å². The van der Waals surface area contributed by atoms with E-state index in [-0.39, 0.29) is 5.82 Å². The standard InChI is InChI=1S/C19H22FIN2/c1-2-16-5-3-4-6-18(16)19-14-22(11-12-23(19)21)13-15-7-9-17(20)10-8-15/h3-10,19H,2,11-14H2,1H3. The molecule has 1 fully saturated rings. The van der Waals surface area contributed by atoms with Crippen LogP contribution < -0.4 is 0 Å². The molecule has 122 valence electrons. The molecule has 0 bridgehead atoms. The summed E-state index contributed by atoms with van der Waals surface area (Å²) < 4.78 is 15.5. The van der Waals surface area contributed by atoms with Crippen molar-refractivity contribution in [3.63, 3.8) is 0 Å². The van der Waals surface area contributed by atoms with Crippen molar-refractivity contribution in [3.05, 3.63) is 71.0 Å². The van der Waals surface area contributed by atoms with Crippen molar-refractivity contribution in [3.8, 4) is 0 Å². The molecule has 2 aromatic carbocycles. The van der Waals surface area contributed by atoms with Gasteiger partial charge in [-0.25, -0.2) is 7.50 Å². The Hall–Kier alpha value is -0.980. The van der Waals surface area contributed by atoms with Crippen LogP contribution in [0.1, 0.15) is 29.7 Å². The molecule has 1 unspecified atom stereocenters. The predicted octanol–water partition coefficient (Wildman–Crippen LogP) is 4.60. The Kier molecular flexibility index (Phi) is 5.67. The van der Waals surface area contributed by atoms with Crippen LogP contribution in [-0.2, 0) is 13.0 Å². The van der Waals surface area contributed by atoms with E-state index in [0.29, 0.717) is 6.04 Å². The van der Waals surface area contributed by atoms with Gasteiger partial charge in [-0.1, -0.05) is 43.3 Å². The van der Waals surface area contributed by atoms with Crippen LogP contribution >= 0.6 is 22.9 Å². The molecule has 1 aliphatic heterocycles. The minimum atomic E-state index is -0.166. The van der Waals surface area contributed by atoms with Gasteiger partial charge in [0.2, 0.25) is 0 Å². The number of hydrogen-bond acceptors (Lipinski definition) is 2. The smallest absolute Gasteiger partial charge is 0.123 e. The summed E-state index contributed by atoms with van der Waals surface area (Å²) in [7, 11) is 0. The van der Waals surface area contributed by atoms with E-state index in [9.17, 15) is 4.39 Å². The van der Waals surface area contributed by atoms with E-state index >= 15 is 0 Å². The zero-order valence-electron chi connectivity index (χ0n) is 13.4. The van der Waals surface area contributed by atoms with Crippen LogP contribution in [-0.4, -0.2) is 27.6 Å². The minimum absolute atomic E-state index is 0.166. The summed E-state index contributed by atoms with van der Waals surface area (Å²) in [6.07, 6.45) is 1.06. The first-order valence-corrected chi connectivity index (χ1v) is 9.11. The van der Waals surface area contributed by atoms with E-state index in [0.717, 1.165) is 32.6 Å². The van der Waals surface area contributed by atoms with Crippen LogP contribution in [0.3, 0.4) is 0 Å². The van der Waals surface area contributed by atoms with Gasteiger partial charge >= 0.3 is 0 Å². The fourth-order valence-electron chi connectivity index (χ4n) is 3.24.